The number of para-hydroxylation sites is 1. The van der Waals surface area contributed by atoms with Gasteiger partial charge in [0.15, 0.2) is 5.76 Å². The van der Waals surface area contributed by atoms with Crippen molar-refractivity contribution in [3.63, 3.8) is 0 Å². The lowest BCUT2D eigenvalue weighted by atomic mass is 10.1. The fraction of sp³-hybridized carbons (Fsp3) is 0.0952. The third-order valence-corrected chi connectivity index (χ3v) is 5.14. The van der Waals surface area contributed by atoms with Crippen molar-refractivity contribution >= 4 is 39.1 Å². The molecule has 0 fully saturated rings. The molecular formula is C21H16N2O4S. The summed E-state index contributed by atoms with van der Waals surface area (Å²) in [5, 5.41) is 3.48. The Hall–Kier alpha value is -3.45. The van der Waals surface area contributed by atoms with Crippen LogP contribution in [0, 0.1) is 6.92 Å². The molecule has 0 atom stereocenters. The van der Waals surface area contributed by atoms with Gasteiger partial charge in [-0.25, -0.2) is 9.78 Å². The highest BCUT2D eigenvalue weighted by Crippen LogP contribution is 2.23. The minimum Gasteiger partial charge on any atom is -0.459 e. The van der Waals surface area contributed by atoms with Gasteiger partial charge in [-0.15, -0.1) is 11.3 Å². The fourth-order valence-electron chi connectivity index (χ4n) is 2.67. The van der Waals surface area contributed by atoms with Gasteiger partial charge in [0, 0.05) is 5.69 Å². The van der Waals surface area contributed by atoms with Crippen molar-refractivity contribution in [3.05, 3.63) is 82.8 Å². The molecule has 0 bridgehead atoms. The number of esters is 1. The zero-order valence-electron chi connectivity index (χ0n) is 15.0. The molecule has 6 nitrogen and oxygen atoms in total. The maximum absolute atomic E-state index is 12.4. The quantitative estimate of drug-likeness (QED) is 0.493. The summed E-state index contributed by atoms with van der Waals surface area (Å²) in [4.78, 5) is 29.1. The van der Waals surface area contributed by atoms with Crippen LogP contribution in [0.15, 0.2) is 65.3 Å². The van der Waals surface area contributed by atoms with Crippen LogP contribution in [-0.4, -0.2) is 16.9 Å². The number of aromatic nitrogens is 1. The molecule has 2 aromatic heterocycles. The molecule has 7 heteroatoms. The number of rotatable bonds is 5. The highest BCUT2D eigenvalue weighted by molar-refractivity contribution is 7.18. The molecule has 2 aromatic carbocycles. The van der Waals surface area contributed by atoms with Gasteiger partial charge in [-0.1, -0.05) is 18.2 Å². The number of furan rings is 1. The van der Waals surface area contributed by atoms with Crippen LogP contribution < -0.4 is 5.32 Å². The van der Waals surface area contributed by atoms with E-state index in [1.54, 1.807) is 30.3 Å². The smallest absolute Gasteiger partial charge is 0.338 e. The van der Waals surface area contributed by atoms with Gasteiger partial charge in [0.25, 0.3) is 5.91 Å². The molecule has 0 aliphatic carbocycles. The van der Waals surface area contributed by atoms with Crippen molar-refractivity contribution in [2.45, 2.75) is 13.5 Å². The van der Waals surface area contributed by atoms with Gasteiger partial charge in [-0.3, -0.25) is 4.79 Å². The second kappa shape index (κ2) is 7.66. The predicted molar refractivity (Wildman–Crippen MR) is 107 cm³/mol. The number of fused-ring (bicyclic) bond motifs is 1. The van der Waals surface area contributed by atoms with Crippen molar-refractivity contribution in [1.29, 1.82) is 0 Å². The normalized spacial score (nSPS) is 10.8. The molecule has 0 saturated carbocycles. The molecule has 0 aliphatic rings. The average Bonchev–Trinajstić information content (AvgIpc) is 3.37. The molecule has 1 N–H and O–H groups in total. The SMILES string of the molecule is Cc1ccc(C(=O)OCc2nc3ccccc3s2)cc1NC(=O)c1ccco1. The summed E-state index contributed by atoms with van der Waals surface area (Å²) in [5.41, 5.74) is 2.58. The number of carbonyl (C=O) groups excluding carboxylic acids is 2. The van der Waals surface area contributed by atoms with Gasteiger partial charge in [0.1, 0.15) is 11.6 Å². The van der Waals surface area contributed by atoms with Crippen LogP contribution in [0.1, 0.15) is 31.5 Å². The maximum atomic E-state index is 12.4. The van der Waals surface area contributed by atoms with Crippen molar-refractivity contribution < 1.29 is 18.7 Å². The van der Waals surface area contributed by atoms with Gasteiger partial charge in [0.2, 0.25) is 0 Å². The first-order valence-electron chi connectivity index (χ1n) is 8.57. The number of nitrogens with one attached hydrogen (secondary N) is 1. The average molecular weight is 392 g/mol. The Morgan fingerprint density at radius 2 is 2.00 bits per heavy atom. The van der Waals surface area contributed by atoms with Gasteiger partial charge in [0.05, 0.1) is 22.0 Å². The molecule has 2 heterocycles. The van der Waals surface area contributed by atoms with E-state index < -0.39 is 5.97 Å². The lowest BCUT2D eigenvalue weighted by Crippen LogP contribution is -2.13. The van der Waals surface area contributed by atoms with Crippen LogP contribution >= 0.6 is 11.3 Å². The second-order valence-electron chi connectivity index (χ2n) is 6.11. The number of hydrogen-bond acceptors (Lipinski definition) is 6. The molecule has 4 aromatic rings. The first kappa shape index (κ1) is 17.9. The molecule has 0 saturated heterocycles. The molecule has 1 amide bonds. The summed E-state index contributed by atoms with van der Waals surface area (Å²) in [6, 6.07) is 16.0. The Morgan fingerprint density at radius 3 is 2.79 bits per heavy atom. The van der Waals surface area contributed by atoms with Gasteiger partial charge in [-0.2, -0.15) is 0 Å². The fourth-order valence-corrected chi connectivity index (χ4v) is 3.55. The second-order valence-corrected chi connectivity index (χ2v) is 7.23. The van der Waals surface area contributed by atoms with E-state index in [1.807, 2.05) is 31.2 Å². The zero-order valence-corrected chi connectivity index (χ0v) is 15.8. The Kier molecular flexibility index (Phi) is 4.90. The van der Waals surface area contributed by atoms with Crippen LogP contribution in [0.3, 0.4) is 0 Å². The highest BCUT2D eigenvalue weighted by Gasteiger charge is 2.14. The number of ether oxygens (including phenoxy) is 1. The molecule has 28 heavy (non-hydrogen) atoms. The Balaban J connectivity index is 1.45. The number of aryl methyl sites for hydroxylation is 1. The first-order valence-corrected chi connectivity index (χ1v) is 9.39. The van der Waals surface area contributed by atoms with Crippen LogP contribution in [0.25, 0.3) is 10.2 Å². The predicted octanol–water partition coefficient (Wildman–Crippen LogP) is 4.81. The van der Waals surface area contributed by atoms with Crippen molar-refractivity contribution in [2.24, 2.45) is 0 Å². The van der Waals surface area contributed by atoms with E-state index in [0.717, 1.165) is 20.8 Å². The number of anilines is 1. The minimum absolute atomic E-state index is 0.0974. The summed E-state index contributed by atoms with van der Waals surface area (Å²) in [5.74, 6) is -0.663. The third kappa shape index (κ3) is 3.79. The topological polar surface area (TPSA) is 81.4 Å². The number of amides is 1. The maximum Gasteiger partial charge on any atom is 0.338 e. The summed E-state index contributed by atoms with van der Waals surface area (Å²) in [6.07, 6.45) is 1.43. The molecule has 4 rings (SSSR count). The lowest BCUT2D eigenvalue weighted by Gasteiger charge is -2.09. The third-order valence-electron chi connectivity index (χ3n) is 4.13. The van der Waals surface area contributed by atoms with E-state index in [2.05, 4.69) is 10.3 Å². The van der Waals surface area contributed by atoms with Crippen molar-refractivity contribution in [1.82, 2.24) is 4.98 Å². The van der Waals surface area contributed by atoms with Gasteiger partial charge in [-0.05, 0) is 48.9 Å². The van der Waals surface area contributed by atoms with Crippen molar-refractivity contribution in [2.75, 3.05) is 5.32 Å². The van der Waals surface area contributed by atoms with Crippen LogP contribution in [0.2, 0.25) is 0 Å². The molecule has 140 valence electrons. The van der Waals surface area contributed by atoms with E-state index in [1.165, 1.54) is 17.6 Å². The Labute approximate surface area is 164 Å². The standard InChI is InChI=1S/C21H16N2O4S/c1-13-8-9-14(11-16(13)23-20(24)17-6-4-10-26-17)21(25)27-12-19-22-15-5-2-3-7-18(15)28-19/h2-11H,12H2,1H3,(H,23,24). The van der Waals surface area contributed by atoms with Gasteiger partial charge < -0.3 is 14.5 Å². The minimum atomic E-state index is -0.479. The molecular weight excluding hydrogens is 376 g/mol. The largest absolute Gasteiger partial charge is 0.459 e. The van der Waals surface area contributed by atoms with Crippen LogP contribution in [0.4, 0.5) is 5.69 Å². The Morgan fingerprint density at radius 1 is 1.14 bits per heavy atom. The van der Waals surface area contributed by atoms with Crippen LogP contribution in [0.5, 0.6) is 0 Å². The van der Waals surface area contributed by atoms with Gasteiger partial charge >= 0.3 is 5.97 Å². The van der Waals surface area contributed by atoms with Crippen molar-refractivity contribution in [3.8, 4) is 0 Å². The van der Waals surface area contributed by atoms with E-state index in [9.17, 15) is 9.59 Å². The lowest BCUT2D eigenvalue weighted by molar-refractivity contribution is 0.0472. The number of thiazole rings is 1. The zero-order chi connectivity index (χ0) is 19.5. The number of nitrogens with zero attached hydrogens (tertiary/aromatic N) is 1. The molecule has 0 aliphatic heterocycles. The number of benzene rings is 2. The summed E-state index contributed by atoms with van der Waals surface area (Å²) in [6.45, 7) is 1.94. The highest BCUT2D eigenvalue weighted by atomic mass is 32.1. The number of hydrogen-bond donors (Lipinski definition) is 1. The van der Waals surface area contributed by atoms with Crippen LogP contribution in [-0.2, 0) is 11.3 Å². The first-order chi connectivity index (χ1) is 13.6. The summed E-state index contributed by atoms with van der Waals surface area (Å²) >= 11 is 1.49. The summed E-state index contributed by atoms with van der Waals surface area (Å²) in [7, 11) is 0. The van der Waals surface area contributed by atoms with E-state index in [0.29, 0.717) is 11.3 Å². The summed E-state index contributed by atoms with van der Waals surface area (Å²) < 4.78 is 11.5. The molecule has 0 radical (unpaired) electrons. The Bertz CT molecular complexity index is 1120. The van der Waals surface area contributed by atoms with E-state index in [4.69, 9.17) is 9.15 Å². The van der Waals surface area contributed by atoms with E-state index in [-0.39, 0.29) is 18.3 Å². The molecule has 0 spiro atoms. The molecule has 0 unspecified atom stereocenters. The van der Waals surface area contributed by atoms with E-state index >= 15 is 0 Å². The monoisotopic (exact) mass is 392 g/mol. The number of carbonyl (C=O) groups is 2.